The number of hydrogen-bond acceptors (Lipinski definition) is 4. The first-order valence-corrected chi connectivity index (χ1v) is 10.5. The topological polar surface area (TPSA) is 74.8 Å². The van der Waals surface area contributed by atoms with Gasteiger partial charge < -0.3 is 0 Å². The lowest BCUT2D eigenvalue weighted by Gasteiger charge is -2.36. The average Bonchev–Trinajstić information content (AvgIpc) is 2.70. The minimum absolute atomic E-state index is 0.0382. The maximum atomic E-state index is 12.7. The average molecular weight is 324 g/mol. The Bertz CT molecular complexity index is 544. The van der Waals surface area contributed by atoms with Gasteiger partial charge >= 0.3 is 0 Å². The molecule has 0 N–H and O–H groups in total. The fourth-order valence-corrected chi connectivity index (χ4v) is 6.92. The van der Waals surface area contributed by atoms with Crippen LogP contribution in [0.15, 0.2) is 0 Å². The minimum Gasteiger partial charge on any atom is -0.229 e. The Hall–Kier alpha value is -0.180. The van der Waals surface area contributed by atoms with Gasteiger partial charge in [-0.05, 0) is 25.2 Å². The number of sulfone groups is 1. The van der Waals surface area contributed by atoms with E-state index in [4.69, 9.17) is 0 Å². The van der Waals surface area contributed by atoms with E-state index < -0.39 is 26.1 Å². The van der Waals surface area contributed by atoms with Crippen LogP contribution in [0.4, 0.5) is 0 Å². The molecule has 2 fully saturated rings. The smallest absolute Gasteiger partial charge is 0.229 e. The molecule has 2 aliphatic heterocycles. The molecule has 8 heteroatoms. The van der Waals surface area contributed by atoms with Crippen molar-refractivity contribution in [3.63, 3.8) is 0 Å². The summed E-state index contributed by atoms with van der Waals surface area (Å²) in [7, 11) is -6.62. The molecule has 0 unspecified atom stereocenters. The van der Waals surface area contributed by atoms with Crippen LogP contribution in [0.5, 0.6) is 0 Å². The van der Waals surface area contributed by atoms with Crippen LogP contribution in [0, 0.1) is 5.92 Å². The molecule has 0 spiro atoms. The summed E-state index contributed by atoms with van der Waals surface area (Å²) in [4.78, 5) is 0. The molecule has 0 aromatic carbocycles. The fourth-order valence-electron chi connectivity index (χ4n) is 3.12. The number of nitrogens with zero attached hydrogens (tertiary/aromatic N) is 2. The number of hydrogen-bond donors (Lipinski definition) is 0. The van der Waals surface area contributed by atoms with E-state index in [9.17, 15) is 16.8 Å². The number of piperidine rings is 1. The maximum Gasteiger partial charge on any atom is 0.282 e. The zero-order valence-corrected chi connectivity index (χ0v) is 13.8. The molecular weight excluding hydrogens is 300 g/mol. The van der Waals surface area contributed by atoms with Gasteiger partial charge in [-0.2, -0.15) is 17.0 Å². The van der Waals surface area contributed by atoms with Crippen molar-refractivity contribution in [1.29, 1.82) is 0 Å². The highest BCUT2D eigenvalue weighted by atomic mass is 32.2. The Morgan fingerprint density at radius 2 is 2.00 bits per heavy atom. The second-order valence-electron chi connectivity index (χ2n) is 5.87. The van der Waals surface area contributed by atoms with Crippen LogP contribution in [-0.2, 0) is 20.0 Å². The van der Waals surface area contributed by atoms with Gasteiger partial charge in [-0.3, -0.25) is 0 Å². The van der Waals surface area contributed by atoms with Crippen LogP contribution < -0.4 is 0 Å². The van der Waals surface area contributed by atoms with Crippen molar-refractivity contribution >= 4 is 20.0 Å². The Labute approximate surface area is 122 Å². The van der Waals surface area contributed by atoms with Gasteiger partial charge in [0.05, 0.1) is 11.5 Å². The third-order valence-corrected chi connectivity index (χ3v) is 8.05. The molecule has 0 saturated carbocycles. The monoisotopic (exact) mass is 324 g/mol. The SMILES string of the molecule is CCN([C@@H]1CCS(=O)(=O)C1)S(=O)(=O)N1CCC[C@@H](C)C1. The van der Waals surface area contributed by atoms with Crippen molar-refractivity contribution in [3.05, 3.63) is 0 Å². The third-order valence-electron chi connectivity index (χ3n) is 4.17. The van der Waals surface area contributed by atoms with E-state index in [0.29, 0.717) is 32.0 Å². The normalized spacial score (nSPS) is 31.8. The van der Waals surface area contributed by atoms with Crippen molar-refractivity contribution < 1.29 is 16.8 Å². The molecule has 0 aromatic rings. The summed E-state index contributed by atoms with van der Waals surface area (Å²) in [5, 5.41) is 0. The summed E-state index contributed by atoms with van der Waals surface area (Å²) in [5.74, 6) is 0.424. The molecule has 118 valence electrons. The van der Waals surface area contributed by atoms with Gasteiger partial charge in [0.2, 0.25) is 0 Å². The van der Waals surface area contributed by atoms with Crippen molar-refractivity contribution in [3.8, 4) is 0 Å². The summed E-state index contributed by atoms with van der Waals surface area (Å²) in [6, 6.07) is -0.396. The summed E-state index contributed by atoms with van der Waals surface area (Å²) in [6.07, 6.45) is 2.34. The first-order valence-electron chi connectivity index (χ1n) is 7.23. The summed E-state index contributed by atoms with van der Waals surface area (Å²) >= 11 is 0. The first kappa shape index (κ1) is 16.2. The molecule has 2 heterocycles. The second-order valence-corrected chi connectivity index (χ2v) is 9.98. The predicted molar refractivity (Wildman–Crippen MR) is 78.3 cm³/mol. The van der Waals surface area contributed by atoms with Crippen LogP contribution in [0.1, 0.15) is 33.1 Å². The molecule has 6 nitrogen and oxygen atoms in total. The zero-order valence-electron chi connectivity index (χ0n) is 12.2. The van der Waals surface area contributed by atoms with Gasteiger partial charge in [-0.15, -0.1) is 0 Å². The Balaban J connectivity index is 2.17. The highest BCUT2D eigenvalue weighted by molar-refractivity contribution is 7.91. The highest BCUT2D eigenvalue weighted by Crippen LogP contribution is 2.25. The maximum absolute atomic E-state index is 12.7. The summed E-state index contributed by atoms with van der Waals surface area (Å²) in [5.41, 5.74) is 0. The number of rotatable bonds is 4. The Morgan fingerprint density at radius 1 is 1.30 bits per heavy atom. The molecule has 0 amide bonds. The van der Waals surface area contributed by atoms with Crippen LogP contribution in [0.3, 0.4) is 0 Å². The zero-order chi connectivity index (χ0) is 15.0. The van der Waals surface area contributed by atoms with Gasteiger partial charge in [0.1, 0.15) is 0 Å². The molecular formula is C12H24N2O4S2. The lowest BCUT2D eigenvalue weighted by molar-refractivity contribution is 0.247. The van der Waals surface area contributed by atoms with Crippen molar-refractivity contribution in [2.24, 2.45) is 5.92 Å². The van der Waals surface area contributed by atoms with E-state index in [1.54, 1.807) is 6.92 Å². The minimum atomic E-state index is -3.54. The molecule has 2 aliphatic rings. The molecule has 2 atom stereocenters. The largest absolute Gasteiger partial charge is 0.282 e. The molecule has 20 heavy (non-hydrogen) atoms. The molecule has 0 aliphatic carbocycles. The standard InChI is InChI=1S/C12H24N2O4S2/c1-3-14(12-6-8-19(15,16)10-12)20(17,18)13-7-4-5-11(2)9-13/h11-12H,3-10H2,1-2H3/t11-,12-/m1/s1. The van der Waals surface area contributed by atoms with E-state index in [1.165, 1.54) is 8.61 Å². The molecule has 0 bridgehead atoms. The van der Waals surface area contributed by atoms with Gasteiger partial charge in [0.15, 0.2) is 9.84 Å². The predicted octanol–water partition coefficient (Wildman–Crippen LogP) is 0.472. The quantitative estimate of drug-likeness (QED) is 0.753. The molecule has 2 saturated heterocycles. The van der Waals surface area contributed by atoms with Crippen LogP contribution in [-0.4, -0.2) is 62.6 Å². The lowest BCUT2D eigenvalue weighted by atomic mass is 10.0. The van der Waals surface area contributed by atoms with Gasteiger partial charge in [0.25, 0.3) is 10.2 Å². The Morgan fingerprint density at radius 3 is 2.50 bits per heavy atom. The van der Waals surface area contributed by atoms with E-state index in [1.807, 2.05) is 0 Å². The van der Waals surface area contributed by atoms with Crippen molar-refractivity contribution in [2.45, 2.75) is 39.2 Å². The Kier molecular flexibility index (Phi) is 4.78. The van der Waals surface area contributed by atoms with Crippen molar-refractivity contribution in [2.75, 3.05) is 31.1 Å². The summed E-state index contributed by atoms with van der Waals surface area (Å²) < 4.78 is 51.5. The van der Waals surface area contributed by atoms with Gasteiger partial charge in [-0.25, -0.2) is 8.42 Å². The van der Waals surface area contributed by atoms with E-state index in [-0.39, 0.29) is 11.5 Å². The third kappa shape index (κ3) is 3.35. The van der Waals surface area contributed by atoms with Gasteiger partial charge in [0, 0.05) is 25.7 Å². The van der Waals surface area contributed by atoms with E-state index >= 15 is 0 Å². The second kappa shape index (κ2) is 5.90. The van der Waals surface area contributed by atoms with Crippen LogP contribution in [0.25, 0.3) is 0 Å². The van der Waals surface area contributed by atoms with Gasteiger partial charge in [-0.1, -0.05) is 13.8 Å². The molecule has 2 rings (SSSR count). The van der Waals surface area contributed by atoms with Crippen LogP contribution >= 0.6 is 0 Å². The van der Waals surface area contributed by atoms with Crippen LogP contribution in [0.2, 0.25) is 0 Å². The molecule has 0 radical (unpaired) electrons. The van der Waals surface area contributed by atoms with Crippen molar-refractivity contribution in [1.82, 2.24) is 8.61 Å². The first-order chi connectivity index (χ1) is 9.26. The fraction of sp³-hybridized carbons (Fsp3) is 1.00. The summed E-state index contributed by atoms with van der Waals surface area (Å²) in [6.45, 7) is 5.24. The highest BCUT2D eigenvalue weighted by Gasteiger charge is 2.40. The van der Waals surface area contributed by atoms with E-state index in [0.717, 1.165) is 12.8 Å². The van der Waals surface area contributed by atoms with E-state index in [2.05, 4.69) is 6.92 Å². The lowest BCUT2D eigenvalue weighted by Crippen LogP contribution is -2.51. The molecule has 0 aromatic heterocycles.